The third kappa shape index (κ3) is 34.2. The number of nitrogens with two attached hydrogens (primary N) is 1. The number of esters is 2. The van der Waals surface area contributed by atoms with E-state index >= 15 is 0 Å². The van der Waals surface area contributed by atoms with Gasteiger partial charge in [0.1, 0.15) is 6.61 Å². The van der Waals surface area contributed by atoms with Crippen LogP contribution in [0.25, 0.3) is 0 Å². The van der Waals surface area contributed by atoms with E-state index in [1.165, 1.54) is 77.0 Å². The summed E-state index contributed by atoms with van der Waals surface area (Å²) in [6, 6.07) is 0. The Labute approximate surface area is 287 Å². The van der Waals surface area contributed by atoms with Gasteiger partial charge >= 0.3 is 19.8 Å². The van der Waals surface area contributed by atoms with Crippen LogP contribution in [0.2, 0.25) is 0 Å². The fourth-order valence-corrected chi connectivity index (χ4v) is 5.78. The van der Waals surface area contributed by atoms with Crippen LogP contribution in [-0.4, -0.2) is 49.3 Å². The second-order valence-electron chi connectivity index (χ2n) is 12.4. The lowest BCUT2D eigenvalue weighted by atomic mass is 10.1. The lowest BCUT2D eigenvalue weighted by Crippen LogP contribution is -2.29. The van der Waals surface area contributed by atoms with E-state index in [0.29, 0.717) is 6.42 Å². The molecule has 0 aliphatic rings. The molecule has 0 bridgehead atoms. The van der Waals surface area contributed by atoms with Crippen LogP contribution in [0.15, 0.2) is 24.3 Å². The van der Waals surface area contributed by atoms with Crippen molar-refractivity contribution in [2.75, 3.05) is 26.4 Å². The molecule has 276 valence electrons. The summed E-state index contributed by atoms with van der Waals surface area (Å²) < 4.78 is 32.6. The predicted molar refractivity (Wildman–Crippen MR) is 192 cm³/mol. The average Bonchev–Trinajstić information content (AvgIpc) is 3.05. The van der Waals surface area contributed by atoms with Crippen molar-refractivity contribution in [1.82, 2.24) is 0 Å². The van der Waals surface area contributed by atoms with Gasteiger partial charge < -0.3 is 20.1 Å². The van der Waals surface area contributed by atoms with Crippen molar-refractivity contribution >= 4 is 19.8 Å². The zero-order chi connectivity index (χ0) is 34.7. The molecule has 0 aromatic rings. The molecule has 10 heteroatoms. The molecule has 0 saturated heterocycles. The molecule has 0 amide bonds. The first kappa shape index (κ1) is 45.5. The van der Waals surface area contributed by atoms with Gasteiger partial charge in [-0.05, 0) is 44.9 Å². The highest BCUT2D eigenvalue weighted by Gasteiger charge is 2.25. The highest BCUT2D eigenvalue weighted by molar-refractivity contribution is 7.47. The van der Waals surface area contributed by atoms with Crippen LogP contribution in [0.3, 0.4) is 0 Å². The number of ether oxygens (including phenoxy) is 2. The molecular weight excluding hydrogens is 617 g/mol. The summed E-state index contributed by atoms with van der Waals surface area (Å²) in [6.45, 7) is 3.67. The van der Waals surface area contributed by atoms with Gasteiger partial charge in [0.2, 0.25) is 0 Å². The highest BCUT2D eigenvalue weighted by atomic mass is 31.2. The lowest BCUT2D eigenvalue weighted by Gasteiger charge is -2.19. The molecule has 0 spiro atoms. The van der Waals surface area contributed by atoms with Gasteiger partial charge in [-0.1, -0.05) is 134 Å². The Bertz CT molecular complexity index is 835. The Morgan fingerprint density at radius 1 is 0.638 bits per heavy atom. The van der Waals surface area contributed by atoms with Gasteiger partial charge in [0, 0.05) is 19.4 Å². The number of hydrogen-bond donors (Lipinski definition) is 2. The fourth-order valence-electron chi connectivity index (χ4n) is 5.02. The molecule has 3 N–H and O–H groups in total. The summed E-state index contributed by atoms with van der Waals surface area (Å²) in [5.74, 6) is -0.844. The number of unbranched alkanes of at least 4 members (excludes halogenated alkanes) is 18. The summed E-state index contributed by atoms with van der Waals surface area (Å²) in [5, 5.41) is 0. The molecule has 2 unspecified atom stereocenters. The van der Waals surface area contributed by atoms with Crippen molar-refractivity contribution in [3.8, 4) is 0 Å². The van der Waals surface area contributed by atoms with Crippen molar-refractivity contribution < 1.29 is 37.6 Å². The molecule has 0 aromatic heterocycles. The molecule has 47 heavy (non-hydrogen) atoms. The van der Waals surface area contributed by atoms with Gasteiger partial charge in [0.05, 0.1) is 13.2 Å². The molecule has 2 atom stereocenters. The normalized spacial score (nSPS) is 13.7. The Morgan fingerprint density at radius 3 is 1.66 bits per heavy atom. The van der Waals surface area contributed by atoms with Crippen molar-refractivity contribution in [1.29, 1.82) is 0 Å². The molecule has 0 heterocycles. The van der Waals surface area contributed by atoms with Crippen molar-refractivity contribution in [3.05, 3.63) is 24.3 Å². The van der Waals surface area contributed by atoms with Crippen LogP contribution in [-0.2, 0) is 32.7 Å². The molecular formula is C37H70NO8P. The second kappa shape index (κ2) is 34.4. The number of hydrogen-bond acceptors (Lipinski definition) is 8. The van der Waals surface area contributed by atoms with E-state index < -0.39 is 32.5 Å². The van der Waals surface area contributed by atoms with Gasteiger partial charge in [0.15, 0.2) is 6.10 Å². The largest absolute Gasteiger partial charge is 0.472 e. The Balaban J connectivity index is 4.24. The van der Waals surface area contributed by atoms with Crippen LogP contribution in [0.4, 0.5) is 0 Å². The average molecular weight is 688 g/mol. The van der Waals surface area contributed by atoms with Crippen LogP contribution in [0.1, 0.15) is 168 Å². The molecule has 0 aromatic carbocycles. The standard InChI is InChI=1S/C37H70NO8P/c1-3-5-7-9-11-13-15-16-17-18-20-21-23-25-27-29-36(39)43-33-35(34-45-47(41,42)44-32-31-38)46-37(40)30-28-26-24-22-19-14-12-10-8-6-4-2/h11,13,16-17,35H,3-10,12,14-15,18-34,38H2,1-2H3,(H,41,42). The van der Waals surface area contributed by atoms with E-state index in [4.69, 9.17) is 24.3 Å². The third-order valence-electron chi connectivity index (χ3n) is 7.84. The number of rotatable bonds is 35. The minimum Gasteiger partial charge on any atom is -0.462 e. The summed E-state index contributed by atoms with van der Waals surface area (Å²) >= 11 is 0. The van der Waals surface area contributed by atoms with Gasteiger partial charge in [-0.25, -0.2) is 4.57 Å². The lowest BCUT2D eigenvalue weighted by molar-refractivity contribution is -0.161. The summed E-state index contributed by atoms with van der Waals surface area (Å²) in [7, 11) is -4.37. The first-order valence-electron chi connectivity index (χ1n) is 18.8. The van der Waals surface area contributed by atoms with Crippen LogP contribution in [0.5, 0.6) is 0 Å². The zero-order valence-electron chi connectivity index (χ0n) is 30.0. The quantitative estimate of drug-likeness (QED) is 0.0289. The fraction of sp³-hybridized carbons (Fsp3) is 0.838. The van der Waals surface area contributed by atoms with Crippen LogP contribution in [0, 0.1) is 0 Å². The van der Waals surface area contributed by atoms with Gasteiger partial charge in [0.25, 0.3) is 0 Å². The molecule has 0 fully saturated rings. The Morgan fingerprint density at radius 2 is 1.11 bits per heavy atom. The number of allylic oxidation sites excluding steroid dienone is 4. The molecule has 0 rings (SSSR count). The van der Waals surface area contributed by atoms with Crippen molar-refractivity contribution in [3.63, 3.8) is 0 Å². The van der Waals surface area contributed by atoms with Crippen LogP contribution >= 0.6 is 7.82 Å². The van der Waals surface area contributed by atoms with Gasteiger partial charge in [-0.15, -0.1) is 0 Å². The van der Waals surface area contributed by atoms with Crippen LogP contribution < -0.4 is 5.73 Å². The number of carbonyl (C=O) groups is 2. The van der Waals surface area contributed by atoms with E-state index in [2.05, 4.69) is 38.2 Å². The topological polar surface area (TPSA) is 134 Å². The summed E-state index contributed by atoms with van der Waals surface area (Å²) in [4.78, 5) is 34.6. The van der Waals surface area contributed by atoms with Crippen molar-refractivity contribution in [2.45, 2.75) is 174 Å². The maximum atomic E-state index is 12.5. The smallest absolute Gasteiger partial charge is 0.462 e. The van der Waals surface area contributed by atoms with E-state index in [0.717, 1.165) is 57.8 Å². The number of phosphoric ester groups is 1. The Hall–Kier alpha value is -1.51. The van der Waals surface area contributed by atoms with Gasteiger partial charge in [-0.2, -0.15) is 0 Å². The maximum absolute atomic E-state index is 12.5. The van der Waals surface area contributed by atoms with Gasteiger partial charge in [-0.3, -0.25) is 18.6 Å². The molecule has 0 aliphatic heterocycles. The first-order chi connectivity index (χ1) is 22.8. The molecule has 0 aliphatic carbocycles. The predicted octanol–water partition coefficient (Wildman–Crippen LogP) is 10.0. The monoisotopic (exact) mass is 687 g/mol. The number of carbonyl (C=O) groups excluding carboxylic acids is 2. The summed E-state index contributed by atoms with van der Waals surface area (Å²) in [6.07, 6.45) is 33.5. The molecule has 9 nitrogen and oxygen atoms in total. The second-order valence-corrected chi connectivity index (χ2v) is 13.9. The van der Waals surface area contributed by atoms with E-state index in [9.17, 15) is 19.0 Å². The third-order valence-corrected chi connectivity index (χ3v) is 8.82. The highest BCUT2D eigenvalue weighted by Crippen LogP contribution is 2.43. The van der Waals surface area contributed by atoms with E-state index in [1.54, 1.807) is 0 Å². The summed E-state index contributed by atoms with van der Waals surface area (Å²) in [5.41, 5.74) is 5.32. The number of phosphoric acid groups is 1. The van der Waals surface area contributed by atoms with E-state index in [-0.39, 0.29) is 32.6 Å². The zero-order valence-corrected chi connectivity index (χ0v) is 30.9. The van der Waals surface area contributed by atoms with E-state index in [1.807, 2.05) is 0 Å². The SMILES string of the molecule is CCCCCC=CCC=CCCCCCCCC(=O)OCC(COP(=O)(O)OCCN)OC(=O)CCCCCCCCCCCCC. The minimum atomic E-state index is -4.37. The maximum Gasteiger partial charge on any atom is 0.472 e. The first-order valence-corrected chi connectivity index (χ1v) is 20.3. The molecule has 0 radical (unpaired) electrons. The van der Waals surface area contributed by atoms with Crippen molar-refractivity contribution in [2.24, 2.45) is 5.73 Å². The minimum absolute atomic E-state index is 0.0526. The molecule has 0 saturated carbocycles. The Kier molecular flexibility index (Phi) is 33.3.